The number of carboxylic acid groups (broad SMARTS) is 1. The first-order valence-electron chi connectivity index (χ1n) is 5.82. The van der Waals surface area contributed by atoms with Crippen LogP contribution in [-0.4, -0.2) is 57.1 Å². The van der Waals surface area contributed by atoms with Gasteiger partial charge >= 0.3 is 5.97 Å². The van der Waals surface area contributed by atoms with Crippen molar-refractivity contribution in [3.63, 3.8) is 0 Å². The first-order valence-corrected chi connectivity index (χ1v) is 5.82. The van der Waals surface area contributed by atoms with Crippen LogP contribution in [0.5, 0.6) is 0 Å². The molecule has 0 aromatic heterocycles. The smallest absolute Gasteiger partial charge is 0.328 e. The van der Waals surface area contributed by atoms with Crippen LogP contribution in [0.1, 0.15) is 25.7 Å². The molecule has 1 N–H and O–H groups in total. The fourth-order valence-corrected chi connectivity index (χ4v) is 2.21. The highest BCUT2D eigenvalue weighted by Gasteiger charge is 2.42. The summed E-state index contributed by atoms with van der Waals surface area (Å²) in [6, 6.07) is -1.49. The van der Waals surface area contributed by atoms with Crippen molar-refractivity contribution in [3.8, 4) is 0 Å². The Balaban J connectivity index is 2.19. The maximum absolute atomic E-state index is 11.5. The van der Waals surface area contributed by atoms with Crippen LogP contribution in [0.15, 0.2) is 0 Å². The van der Waals surface area contributed by atoms with Crippen molar-refractivity contribution in [3.05, 3.63) is 0 Å². The lowest BCUT2D eigenvalue weighted by molar-refractivity contribution is -0.157. The van der Waals surface area contributed by atoms with Gasteiger partial charge in [-0.25, -0.2) is 4.79 Å². The molecule has 2 rings (SSSR count). The molecule has 2 aliphatic heterocycles. The van der Waals surface area contributed by atoms with Gasteiger partial charge in [0.15, 0.2) is 6.04 Å². The lowest BCUT2D eigenvalue weighted by atomic mass is 10.2. The molecule has 8 nitrogen and oxygen atoms in total. The van der Waals surface area contributed by atoms with E-state index < -0.39 is 42.2 Å². The van der Waals surface area contributed by atoms with Gasteiger partial charge in [-0.3, -0.25) is 29.0 Å². The second-order valence-electron chi connectivity index (χ2n) is 4.41. The molecular weight excluding hydrogens is 256 g/mol. The SMILES string of the molecule is O=C(O)C(CN1C(=O)CCC1=O)N1C(=O)CCC1=O. The molecule has 1 unspecified atom stereocenters. The monoisotopic (exact) mass is 268 g/mol. The second kappa shape index (κ2) is 4.79. The Morgan fingerprint density at radius 3 is 1.79 bits per heavy atom. The van der Waals surface area contributed by atoms with E-state index in [0.29, 0.717) is 4.90 Å². The maximum Gasteiger partial charge on any atom is 0.328 e. The largest absolute Gasteiger partial charge is 0.480 e. The van der Waals surface area contributed by atoms with Gasteiger partial charge in [0, 0.05) is 25.7 Å². The number of carbonyl (C=O) groups is 5. The highest BCUT2D eigenvalue weighted by atomic mass is 16.4. The first-order chi connectivity index (χ1) is 8.91. The van der Waals surface area contributed by atoms with E-state index in [4.69, 9.17) is 5.11 Å². The molecule has 0 aromatic rings. The number of hydrogen-bond donors (Lipinski definition) is 1. The summed E-state index contributed by atoms with van der Waals surface area (Å²) in [5.74, 6) is -3.53. The number of aliphatic carboxylic acids is 1. The Morgan fingerprint density at radius 1 is 0.947 bits per heavy atom. The average Bonchev–Trinajstić information content (AvgIpc) is 2.82. The molecule has 8 heteroatoms. The molecule has 2 aliphatic rings. The molecule has 2 heterocycles. The zero-order chi connectivity index (χ0) is 14.2. The van der Waals surface area contributed by atoms with E-state index in [-0.39, 0.29) is 25.7 Å². The molecule has 0 spiro atoms. The normalized spacial score (nSPS) is 21.5. The van der Waals surface area contributed by atoms with Crippen LogP contribution < -0.4 is 0 Å². The molecule has 0 aromatic carbocycles. The molecule has 2 fully saturated rings. The Hall–Kier alpha value is -2.25. The highest BCUT2D eigenvalue weighted by Crippen LogP contribution is 2.19. The Kier molecular flexibility index (Phi) is 3.32. The van der Waals surface area contributed by atoms with Crippen LogP contribution in [0.3, 0.4) is 0 Å². The van der Waals surface area contributed by atoms with Gasteiger partial charge in [0.25, 0.3) is 0 Å². The highest BCUT2D eigenvalue weighted by molar-refractivity contribution is 6.06. The van der Waals surface area contributed by atoms with E-state index in [1.807, 2.05) is 0 Å². The molecular formula is C11H12N2O6. The summed E-state index contributed by atoms with van der Waals surface area (Å²) in [6.45, 7) is -0.468. The third-order valence-electron chi connectivity index (χ3n) is 3.20. The molecule has 0 radical (unpaired) electrons. The Morgan fingerprint density at radius 2 is 1.37 bits per heavy atom. The summed E-state index contributed by atoms with van der Waals surface area (Å²) in [4.78, 5) is 58.6. The first kappa shape index (κ1) is 13.2. The van der Waals surface area contributed by atoms with Gasteiger partial charge in [0.1, 0.15) is 0 Å². The molecule has 2 saturated heterocycles. The van der Waals surface area contributed by atoms with Crippen LogP contribution in [0.4, 0.5) is 0 Å². The van der Waals surface area contributed by atoms with Crippen LogP contribution in [0.2, 0.25) is 0 Å². The Labute approximate surface area is 107 Å². The summed E-state index contributed by atoms with van der Waals surface area (Å²) in [6.07, 6.45) is -0.00482. The third kappa shape index (κ3) is 2.33. The molecule has 102 valence electrons. The lowest BCUT2D eigenvalue weighted by Crippen LogP contribution is -2.52. The number of imide groups is 2. The third-order valence-corrected chi connectivity index (χ3v) is 3.20. The van der Waals surface area contributed by atoms with Gasteiger partial charge in [0.2, 0.25) is 23.6 Å². The predicted octanol–water partition coefficient (Wildman–Crippen LogP) is -1.26. The van der Waals surface area contributed by atoms with Gasteiger partial charge < -0.3 is 5.11 Å². The van der Waals surface area contributed by atoms with Crippen LogP contribution in [0, 0.1) is 0 Å². The quantitative estimate of drug-likeness (QED) is 0.637. The Bertz CT molecular complexity index is 454. The zero-order valence-corrected chi connectivity index (χ0v) is 10.00. The average molecular weight is 268 g/mol. The summed E-state index contributed by atoms with van der Waals surface area (Å²) in [7, 11) is 0. The minimum Gasteiger partial charge on any atom is -0.480 e. The van der Waals surface area contributed by atoms with E-state index in [1.165, 1.54) is 0 Å². The van der Waals surface area contributed by atoms with Crippen molar-refractivity contribution < 1.29 is 29.1 Å². The lowest BCUT2D eigenvalue weighted by Gasteiger charge is -2.25. The number of rotatable bonds is 4. The van der Waals surface area contributed by atoms with Crippen molar-refractivity contribution in [2.45, 2.75) is 31.7 Å². The number of nitrogens with zero attached hydrogens (tertiary/aromatic N) is 2. The number of hydrogen-bond acceptors (Lipinski definition) is 5. The standard InChI is InChI=1S/C11H12N2O6/c14-7-1-2-8(15)12(7)5-6(11(18)19)13-9(16)3-4-10(13)17/h6H,1-5H2,(H,18,19). The fourth-order valence-electron chi connectivity index (χ4n) is 2.21. The minimum absolute atomic E-state index is 0.0348. The molecule has 4 amide bonds. The summed E-state index contributed by atoms with van der Waals surface area (Å²) in [5, 5.41) is 9.11. The molecule has 0 bridgehead atoms. The van der Waals surface area contributed by atoms with Crippen molar-refractivity contribution >= 4 is 29.6 Å². The van der Waals surface area contributed by atoms with Crippen molar-refractivity contribution in [1.82, 2.24) is 9.80 Å². The van der Waals surface area contributed by atoms with Crippen molar-refractivity contribution in [1.29, 1.82) is 0 Å². The van der Waals surface area contributed by atoms with E-state index >= 15 is 0 Å². The molecule has 1 atom stereocenters. The minimum atomic E-state index is -1.49. The molecule has 0 saturated carbocycles. The van der Waals surface area contributed by atoms with Gasteiger partial charge in [-0.2, -0.15) is 0 Å². The summed E-state index contributed by atoms with van der Waals surface area (Å²) >= 11 is 0. The zero-order valence-electron chi connectivity index (χ0n) is 10.00. The van der Waals surface area contributed by atoms with Crippen molar-refractivity contribution in [2.75, 3.05) is 6.54 Å². The van der Waals surface area contributed by atoms with Crippen LogP contribution >= 0.6 is 0 Å². The number of amides is 4. The van der Waals surface area contributed by atoms with Gasteiger partial charge in [-0.15, -0.1) is 0 Å². The van der Waals surface area contributed by atoms with Crippen LogP contribution in [0.25, 0.3) is 0 Å². The topological polar surface area (TPSA) is 112 Å². The fraction of sp³-hybridized carbons (Fsp3) is 0.545. The number of carboxylic acids is 1. The predicted molar refractivity (Wildman–Crippen MR) is 58.5 cm³/mol. The second-order valence-corrected chi connectivity index (χ2v) is 4.41. The van der Waals surface area contributed by atoms with E-state index in [9.17, 15) is 24.0 Å². The summed E-state index contributed by atoms with van der Waals surface area (Å²) in [5.41, 5.74) is 0. The van der Waals surface area contributed by atoms with Crippen LogP contribution in [-0.2, 0) is 24.0 Å². The number of likely N-dealkylation sites (tertiary alicyclic amines) is 2. The van der Waals surface area contributed by atoms with Gasteiger partial charge in [-0.1, -0.05) is 0 Å². The maximum atomic E-state index is 11.5. The van der Waals surface area contributed by atoms with Gasteiger partial charge in [0.05, 0.1) is 6.54 Å². The van der Waals surface area contributed by atoms with E-state index in [0.717, 1.165) is 4.90 Å². The molecule has 19 heavy (non-hydrogen) atoms. The van der Waals surface area contributed by atoms with Gasteiger partial charge in [-0.05, 0) is 0 Å². The number of carbonyl (C=O) groups excluding carboxylic acids is 4. The summed E-state index contributed by atoms with van der Waals surface area (Å²) < 4.78 is 0. The van der Waals surface area contributed by atoms with Crippen molar-refractivity contribution in [2.24, 2.45) is 0 Å². The molecule has 0 aliphatic carbocycles. The van der Waals surface area contributed by atoms with E-state index in [2.05, 4.69) is 0 Å². The van der Waals surface area contributed by atoms with E-state index in [1.54, 1.807) is 0 Å².